The number of urea groups is 1. The summed E-state index contributed by atoms with van der Waals surface area (Å²) in [6.45, 7) is 2.18. The van der Waals surface area contributed by atoms with E-state index in [1.807, 2.05) is 12.2 Å². The summed E-state index contributed by atoms with van der Waals surface area (Å²) in [5, 5.41) is 15.2. The molecule has 18 heavy (non-hydrogen) atoms. The van der Waals surface area contributed by atoms with Crippen molar-refractivity contribution >= 4 is 22.5 Å². The molecule has 2 atom stereocenters. The maximum absolute atomic E-state index is 11.7. The Bertz CT molecular complexity index is 444. The topological polar surface area (TPSA) is 74.2 Å². The van der Waals surface area contributed by atoms with Crippen LogP contribution >= 0.6 is 11.3 Å². The molecule has 0 saturated heterocycles. The van der Waals surface area contributed by atoms with Gasteiger partial charge < -0.3 is 10.4 Å². The van der Waals surface area contributed by atoms with Gasteiger partial charge in [-0.2, -0.15) is 0 Å². The number of anilines is 1. The number of aliphatic hydroxyl groups excluding tert-OH is 1. The van der Waals surface area contributed by atoms with E-state index in [-0.39, 0.29) is 24.6 Å². The fraction of sp³-hybridized carbons (Fsp3) is 0.500. The van der Waals surface area contributed by atoms with Crippen molar-refractivity contribution in [2.75, 3.05) is 11.9 Å². The van der Waals surface area contributed by atoms with Gasteiger partial charge in [0.05, 0.1) is 0 Å². The summed E-state index contributed by atoms with van der Waals surface area (Å²) in [7, 11) is 0. The number of nitrogens with zero attached hydrogens (tertiary/aromatic N) is 1. The van der Waals surface area contributed by atoms with Crippen LogP contribution in [-0.4, -0.2) is 28.8 Å². The molecule has 5 nitrogen and oxygen atoms in total. The normalized spacial score (nSPS) is 22.1. The lowest BCUT2D eigenvalue weighted by molar-refractivity contribution is 0.238. The van der Waals surface area contributed by atoms with Gasteiger partial charge in [0.25, 0.3) is 0 Å². The minimum Gasteiger partial charge on any atom is -0.396 e. The summed E-state index contributed by atoms with van der Waals surface area (Å²) < 4.78 is 0. The van der Waals surface area contributed by atoms with Gasteiger partial charge in [-0.1, -0.05) is 19.1 Å². The highest BCUT2D eigenvalue weighted by molar-refractivity contribution is 7.15. The molecule has 1 aliphatic carbocycles. The Hall–Kier alpha value is -1.40. The van der Waals surface area contributed by atoms with E-state index in [1.54, 1.807) is 6.20 Å². The van der Waals surface area contributed by atoms with E-state index in [9.17, 15) is 4.79 Å². The average Bonchev–Trinajstić information content (AvgIpc) is 2.98. The second kappa shape index (κ2) is 5.97. The Balaban J connectivity index is 1.80. The minimum absolute atomic E-state index is 0.00671. The molecule has 1 aromatic rings. The summed E-state index contributed by atoms with van der Waals surface area (Å²) in [6.07, 6.45) is 7.30. The van der Waals surface area contributed by atoms with Crippen molar-refractivity contribution in [2.45, 2.75) is 25.8 Å². The number of aromatic nitrogens is 1. The van der Waals surface area contributed by atoms with Gasteiger partial charge in [0.15, 0.2) is 5.13 Å². The third-order valence-electron chi connectivity index (χ3n) is 2.85. The largest absolute Gasteiger partial charge is 0.396 e. The molecule has 1 aliphatic rings. The monoisotopic (exact) mass is 267 g/mol. The number of amides is 2. The molecule has 0 aromatic carbocycles. The molecule has 2 rings (SSSR count). The zero-order valence-corrected chi connectivity index (χ0v) is 11.0. The van der Waals surface area contributed by atoms with Crippen LogP contribution in [0, 0.1) is 5.92 Å². The van der Waals surface area contributed by atoms with Gasteiger partial charge in [-0.15, -0.1) is 11.3 Å². The van der Waals surface area contributed by atoms with Crippen LogP contribution in [-0.2, 0) is 6.42 Å². The van der Waals surface area contributed by atoms with Crippen molar-refractivity contribution in [3.05, 3.63) is 23.2 Å². The zero-order valence-electron chi connectivity index (χ0n) is 10.2. The van der Waals surface area contributed by atoms with Crippen LogP contribution in [0.3, 0.4) is 0 Å². The smallest absolute Gasteiger partial charge is 0.321 e. The molecule has 98 valence electrons. The summed E-state index contributed by atoms with van der Waals surface area (Å²) >= 11 is 1.48. The van der Waals surface area contributed by atoms with Gasteiger partial charge in [0, 0.05) is 29.6 Å². The third-order valence-corrected chi connectivity index (χ3v) is 3.90. The molecule has 0 unspecified atom stereocenters. The number of nitrogens with one attached hydrogen (secondary N) is 2. The van der Waals surface area contributed by atoms with E-state index < -0.39 is 0 Å². The Morgan fingerprint density at radius 3 is 3.06 bits per heavy atom. The number of hydrogen-bond donors (Lipinski definition) is 3. The molecule has 0 aliphatic heterocycles. The first-order chi connectivity index (χ1) is 8.71. The van der Waals surface area contributed by atoms with E-state index in [0.29, 0.717) is 5.13 Å². The number of thiazole rings is 1. The Kier molecular flexibility index (Phi) is 4.33. The second-order valence-electron chi connectivity index (χ2n) is 4.25. The predicted molar refractivity (Wildman–Crippen MR) is 71.8 cm³/mol. The van der Waals surface area contributed by atoms with Crippen molar-refractivity contribution in [3.63, 3.8) is 0 Å². The van der Waals surface area contributed by atoms with Crippen molar-refractivity contribution in [1.29, 1.82) is 0 Å². The highest BCUT2D eigenvalue weighted by atomic mass is 32.1. The van der Waals surface area contributed by atoms with Crippen LogP contribution in [0.15, 0.2) is 18.3 Å². The second-order valence-corrected chi connectivity index (χ2v) is 5.37. The minimum atomic E-state index is -0.250. The van der Waals surface area contributed by atoms with Crippen molar-refractivity contribution in [2.24, 2.45) is 5.92 Å². The number of carbonyl (C=O) groups is 1. The molecule has 0 spiro atoms. The number of aryl methyl sites for hydroxylation is 1. The maximum Gasteiger partial charge on any atom is 0.321 e. The average molecular weight is 267 g/mol. The maximum atomic E-state index is 11.7. The lowest BCUT2D eigenvalue weighted by Crippen LogP contribution is -2.36. The first kappa shape index (κ1) is 13.0. The molecule has 3 N–H and O–H groups in total. The van der Waals surface area contributed by atoms with E-state index in [1.165, 1.54) is 11.3 Å². The molecule has 0 radical (unpaired) electrons. The van der Waals surface area contributed by atoms with E-state index >= 15 is 0 Å². The first-order valence-corrected chi connectivity index (χ1v) is 6.84. The zero-order chi connectivity index (χ0) is 13.0. The van der Waals surface area contributed by atoms with Crippen molar-refractivity contribution in [1.82, 2.24) is 10.3 Å². The Morgan fingerprint density at radius 1 is 1.61 bits per heavy atom. The molecule has 2 amide bonds. The van der Waals surface area contributed by atoms with E-state index in [4.69, 9.17) is 5.11 Å². The van der Waals surface area contributed by atoms with Crippen LogP contribution in [0.5, 0.6) is 0 Å². The Morgan fingerprint density at radius 2 is 2.44 bits per heavy atom. The Labute approximate surface area is 110 Å². The fourth-order valence-electron chi connectivity index (χ4n) is 1.85. The number of rotatable bonds is 4. The molecule has 0 fully saturated rings. The predicted octanol–water partition coefficient (Wildman–Crippen LogP) is 1.76. The van der Waals surface area contributed by atoms with Gasteiger partial charge in [-0.25, -0.2) is 9.78 Å². The van der Waals surface area contributed by atoms with E-state index in [2.05, 4.69) is 22.5 Å². The molecule has 1 aromatic heterocycles. The summed E-state index contributed by atoms with van der Waals surface area (Å²) in [5.74, 6) is 0.154. The van der Waals surface area contributed by atoms with Gasteiger partial charge >= 0.3 is 6.03 Å². The summed E-state index contributed by atoms with van der Waals surface area (Å²) in [4.78, 5) is 17.0. The summed E-state index contributed by atoms with van der Waals surface area (Å²) in [6, 6.07) is -0.256. The standard InChI is InChI=1S/C12H17N3O2S/c1-2-10-6-13-12(18-10)15-11(17)14-9-4-3-8(5-9)7-16/h3-4,6,8-9,16H,2,5,7H2,1H3,(H2,13,14,15,17)/t8-,9+/m0/s1. The van der Waals surface area contributed by atoms with Gasteiger partial charge in [0.2, 0.25) is 0 Å². The quantitative estimate of drug-likeness (QED) is 0.728. The lowest BCUT2D eigenvalue weighted by Gasteiger charge is -2.12. The molecule has 0 saturated carbocycles. The lowest BCUT2D eigenvalue weighted by atomic mass is 10.1. The van der Waals surface area contributed by atoms with Crippen LogP contribution in [0.1, 0.15) is 18.2 Å². The number of aliphatic hydroxyl groups is 1. The third kappa shape index (κ3) is 3.30. The fourth-order valence-corrected chi connectivity index (χ4v) is 2.59. The highest BCUT2D eigenvalue weighted by Crippen LogP contribution is 2.19. The number of carbonyl (C=O) groups excluding carboxylic acids is 1. The SMILES string of the molecule is CCc1cnc(NC(=O)N[C@@H]2C=C[C@H](CO)C2)s1. The van der Waals surface area contributed by atoms with Crippen molar-refractivity contribution < 1.29 is 9.90 Å². The van der Waals surface area contributed by atoms with Crippen LogP contribution in [0.2, 0.25) is 0 Å². The number of hydrogen-bond acceptors (Lipinski definition) is 4. The molecule has 6 heteroatoms. The first-order valence-electron chi connectivity index (χ1n) is 6.02. The molecular formula is C12H17N3O2S. The van der Waals surface area contributed by atoms with Gasteiger partial charge in [0.1, 0.15) is 0 Å². The molecule has 0 bridgehead atoms. The van der Waals surface area contributed by atoms with E-state index in [0.717, 1.165) is 17.7 Å². The summed E-state index contributed by atoms with van der Waals surface area (Å²) in [5.41, 5.74) is 0. The molecular weight excluding hydrogens is 250 g/mol. The molecule has 1 heterocycles. The van der Waals surface area contributed by atoms with Gasteiger partial charge in [-0.3, -0.25) is 5.32 Å². The van der Waals surface area contributed by atoms with Crippen molar-refractivity contribution in [3.8, 4) is 0 Å². The van der Waals surface area contributed by atoms with Crippen LogP contribution in [0.4, 0.5) is 9.93 Å². The van der Waals surface area contributed by atoms with Gasteiger partial charge in [-0.05, 0) is 12.8 Å². The van der Waals surface area contributed by atoms with Crippen LogP contribution < -0.4 is 10.6 Å². The van der Waals surface area contributed by atoms with Crippen LogP contribution in [0.25, 0.3) is 0 Å². The highest BCUT2D eigenvalue weighted by Gasteiger charge is 2.19.